The van der Waals surface area contributed by atoms with E-state index in [0.29, 0.717) is 6.42 Å². The number of nitrogens with one attached hydrogen (secondary N) is 1. The fourth-order valence-electron chi connectivity index (χ4n) is 2.13. The van der Waals surface area contributed by atoms with Crippen LogP contribution in [0, 0.1) is 0 Å². The van der Waals surface area contributed by atoms with Crippen LogP contribution in [0.15, 0.2) is 41.4 Å². The highest BCUT2D eigenvalue weighted by atomic mass is 32.2. The molecule has 0 bridgehead atoms. The van der Waals surface area contributed by atoms with E-state index < -0.39 is 16.3 Å². The summed E-state index contributed by atoms with van der Waals surface area (Å²) in [6.07, 6.45) is 0.407. The molecule has 0 spiro atoms. The van der Waals surface area contributed by atoms with Crippen LogP contribution in [-0.4, -0.2) is 29.7 Å². The minimum Gasteiger partial charge on any atom is -0.473 e. The fraction of sp³-hybridized carbons (Fsp3) is 0.353. The van der Waals surface area contributed by atoms with Gasteiger partial charge in [0.15, 0.2) is 6.29 Å². The molecule has 2 rings (SSSR count). The number of aliphatic hydroxyl groups is 2. The number of aliphatic hydroxyl groups excluding tert-OH is 1. The molecule has 25 heavy (non-hydrogen) atoms. The fourth-order valence-corrected chi connectivity index (χ4v) is 3.23. The third kappa shape index (κ3) is 4.91. The molecule has 1 aromatic heterocycles. The van der Waals surface area contributed by atoms with Gasteiger partial charge in [-0.15, -0.1) is 0 Å². The number of benzene rings is 1. The molecule has 1 heterocycles. The van der Waals surface area contributed by atoms with E-state index in [0.717, 1.165) is 5.56 Å². The molecule has 0 radical (unpaired) electrons. The molecule has 0 amide bonds. The van der Waals surface area contributed by atoms with Crippen molar-refractivity contribution in [1.29, 1.82) is 0 Å². The first-order chi connectivity index (χ1) is 11.7. The van der Waals surface area contributed by atoms with Crippen molar-refractivity contribution >= 4 is 15.7 Å². The predicted molar refractivity (Wildman–Crippen MR) is 93.8 cm³/mol. The Kier molecular flexibility index (Phi) is 5.99. The van der Waals surface area contributed by atoms with Crippen molar-refractivity contribution in [2.75, 3.05) is 4.72 Å². The van der Waals surface area contributed by atoms with Crippen LogP contribution in [0.3, 0.4) is 0 Å². The second kappa shape index (κ2) is 7.81. The Morgan fingerprint density at radius 3 is 2.56 bits per heavy atom. The second-order valence-electron chi connectivity index (χ2n) is 5.77. The Morgan fingerprint density at radius 2 is 1.96 bits per heavy atom. The highest BCUT2D eigenvalue weighted by Crippen LogP contribution is 2.27. The molecule has 0 saturated carbocycles. The number of nitrogens with zero attached hydrogens (tertiary/aromatic N) is 1. The van der Waals surface area contributed by atoms with E-state index in [4.69, 9.17) is 4.74 Å². The highest BCUT2D eigenvalue weighted by molar-refractivity contribution is 7.92. The number of anilines is 1. The second-order valence-corrected chi connectivity index (χ2v) is 7.45. The van der Waals surface area contributed by atoms with Gasteiger partial charge in [0.05, 0.1) is 11.0 Å². The van der Waals surface area contributed by atoms with Crippen molar-refractivity contribution in [1.82, 2.24) is 4.98 Å². The van der Waals surface area contributed by atoms with Gasteiger partial charge in [-0.25, -0.2) is 13.4 Å². The van der Waals surface area contributed by atoms with Gasteiger partial charge in [-0.2, -0.15) is 0 Å². The number of aryl methyl sites for hydroxylation is 1. The van der Waals surface area contributed by atoms with E-state index in [-0.39, 0.29) is 28.1 Å². The van der Waals surface area contributed by atoms with E-state index in [1.54, 1.807) is 12.3 Å². The van der Waals surface area contributed by atoms with Crippen molar-refractivity contribution in [2.24, 2.45) is 0 Å². The smallest absolute Gasteiger partial charge is 0.262 e. The van der Waals surface area contributed by atoms with Crippen molar-refractivity contribution in [2.45, 2.75) is 44.5 Å². The Balaban J connectivity index is 2.41. The van der Waals surface area contributed by atoms with Crippen LogP contribution in [0.1, 0.15) is 38.2 Å². The minimum absolute atomic E-state index is 0.0852. The third-order valence-corrected chi connectivity index (χ3v) is 4.74. The van der Waals surface area contributed by atoms with Gasteiger partial charge in [0.25, 0.3) is 10.0 Å². The molecule has 0 aliphatic carbocycles. The Bertz CT molecular complexity index is 835. The summed E-state index contributed by atoms with van der Waals surface area (Å²) in [4.78, 5) is 4.10. The summed E-state index contributed by atoms with van der Waals surface area (Å²) in [5.41, 5.74) is 1.18. The van der Waals surface area contributed by atoms with Crippen LogP contribution in [0.5, 0.6) is 5.88 Å². The molecule has 0 aliphatic heterocycles. The van der Waals surface area contributed by atoms with Crippen molar-refractivity contribution in [3.63, 3.8) is 0 Å². The lowest BCUT2D eigenvalue weighted by Crippen LogP contribution is -2.16. The first-order valence-electron chi connectivity index (χ1n) is 7.87. The Hall–Kier alpha value is -2.16. The van der Waals surface area contributed by atoms with Gasteiger partial charge in [-0.1, -0.05) is 19.1 Å². The summed E-state index contributed by atoms with van der Waals surface area (Å²) in [6, 6.07) is 7.11. The molecule has 1 aromatic carbocycles. The van der Waals surface area contributed by atoms with Crippen LogP contribution in [0.25, 0.3) is 0 Å². The summed E-state index contributed by atoms with van der Waals surface area (Å²) in [5, 5.41) is 18.5. The van der Waals surface area contributed by atoms with Gasteiger partial charge in [0.1, 0.15) is 5.69 Å². The van der Waals surface area contributed by atoms with Gasteiger partial charge >= 0.3 is 0 Å². The van der Waals surface area contributed by atoms with Gasteiger partial charge in [-0.05, 0) is 44.0 Å². The predicted octanol–water partition coefficient (Wildman–Crippen LogP) is 2.22. The Morgan fingerprint density at radius 1 is 1.24 bits per heavy atom. The maximum atomic E-state index is 12.7. The van der Waals surface area contributed by atoms with Gasteiger partial charge in [0, 0.05) is 11.8 Å². The van der Waals surface area contributed by atoms with Gasteiger partial charge < -0.3 is 14.9 Å². The molecule has 7 nitrogen and oxygen atoms in total. The SMILES string of the molecule is CCc1cnc(OC(C)C)c(NS(=O)(=O)c2cccc(C(O)O)c2)c1. The number of pyridine rings is 1. The van der Waals surface area contributed by atoms with Crippen LogP contribution in [-0.2, 0) is 16.4 Å². The van der Waals surface area contributed by atoms with E-state index in [1.807, 2.05) is 20.8 Å². The average Bonchev–Trinajstić information content (AvgIpc) is 2.56. The topological polar surface area (TPSA) is 109 Å². The van der Waals surface area contributed by atoms with Crippen molar-refractivity contribution < 1.29 is 23.4 Å². The monoisotopic (exact) mass is 366 g/mol. The first kappa shape index (κ1) is 19.2. The molecule has 136 valence electrons. The molecule has 0 aliphatic rings. The zero-order valence-electron chi connectivity index (χ0n) is 14.3. The number of rotatable bonds is 7. The molecular weight excluding hydrogens is 344 g/mol. The summed E-state index contributed by atoms with van der Waals surface area (Å²) in [7, 11) is -3.94. The molecule has 0 fully saturated rings. The van der Waals surface area contributed by atoms with E-state index in [9.17, 15) is 18.6 Å². The van der Waals surface area contributed by atoms with E-state index in [2.05, 4.69) is 9.71 Å². The molecular formula is C17H22N2O5S. The number of ether oxygens (including phenoxy) is 1. The lowest BCUT2D eigenvalue weighted by atomic mass is 10.2. The number of sulfonamides is 1. The molecule has 0 unspecified atom stereocenters. The average molecular weight is 366 g/mol. The largest absolute Gasteiger partial charge is 0.473 e. The minimum atomic E-state index is -3.94. The van der Waals surface area contributed by atoms with Crippen LogP contribution in [0.4, 0.5) is 5.69 Å². The van der Waals surface area contributed by atoms with Crippen molar-refractivity contribution in [3.05, 3.63) is 47.7 Å². The van der Waals surface area contributed by atoms with Gasteiger partial charge in [-0.3, -0.25) is 4.72 Å². The van der Waals surface area contributed by atoms with Crippen LogP contribution in [0.2, 0.25) is 0 Å². The summed E-state index contributed by atoms with van der Waals surface area (Å²) >= 11 is 0. The molecule has 0 saturated heterocycles. The molecule has 2 aromatic rings. The maximum Gasteiger partial charge on any atom is 0.262 e. The zero-order chi connectivity index (χ0) is 18.6. The van der Waals surface area contributed by atoms with Gasteiger partial charge in [0.2, 0.25) is 5.88 Å². The van der Waals surface area contributed by atoms with Crippen LogP contribution < -0.4 is 9.46 Å². The highest BCUT2D eigenvalue weighted by Gasteiger charge is 2.19. The van der Waals surface area contributed by atoms with E-state index >= 15 is 0 Å². The molecule has 3 N–H and O–H groups in total. The first-order valence-corrected chi connectivity index (χ1v) is 9.35. The van der Waals surface area contributed by atoms with E-state index in [1.165, 1.54) is 24.3 Å². The maximum absolute atomic E-state index is 12.7. The normalized spacial score (nSPS) is 11.8. The lowest BCUT2D eigenvalue weighted by Gasteiger charge is -2.16. The van der Waals surface area contributed by atoms with Crippen LogP contribution >= 0.6 is 0 Å². The van der Waals surface area contributed by atoms with Crippen molar-refractivity contribution in [3.8, 4) is 5.88 Å². The summed E-state index contributed by atoms with van der Waals surface area (Å²) < 4.78 is 33.4. The number of hydrogen-bond acceptors (Lipinski definition) is 6. The quantitative estimate of drug-likeness (QED) is 0.648. The zero-order valence-corrected chi connectivity index (χ0v) is 15.1. The lowest BCUT2D eigenvalue weighted by molar-refractivity contribution is -0.0426. The molecule has 0 atom stereocenters. The summed E-state index contributed by atoms with van der Waals surface area (Å²) in [5.74, 6) is 0.189. The number of hydrogen-bond donors (Lipinski definition) is 3. The Labute approximate surface area is 147 Å². The summed E-state index contributed by atoms with van der Waals surface area (Å²) in [6.45, 7) is 5.57. The number of aromatic nitrogens is 1. The third-order valence-electron chi connectivity index (χ3n) is 3.37. The molecule has 8 heteroatoms. The standard InChI is InChI=1S/C17H22N2O5S/c1-4-12-8-15(16(18-10-12)24-11(2)3)19-25(22,23)14-7-5-6-13(9-14)17(20)21/h5-11,17,19-21H,4H2,1-3H3.